The van der Waals surface area contributed by atoms with Crippen LogP contribution in [0.5, 0.6) is 0 Å². The highest BCUT2D eigenvalue weighted by molar-refractivity contribution is 5.93. The number of nitrogens with two attached hydrogens (primary N) is 1. The van der Waals surface area contributed by atoms with E-state index in [0.717, 1.165) is 44.8 Å². The number of anilines is 1. The van der Waals surface area contributed by atoms with Gasteiger partial charge in [0.15, 0.2) is 0 Å². The summed E-state index contributed by atoms with van der Waals surface area (Å²) in [5.74, 6) is 0. The molecule has 0 radical (unpaired) electrons. The van der Waals surface area contributed by atoms with E-state index in [1.54, 1.807) is 6.20 Å². The summed E-state index contributed by atoms with van der Waals surface area (Å²) in [6.07, 6.45) is 6.02. The first-order chi connectivity index (χ1) is 14.7. The predicted molar refractivity (Wildman–Crippen MR) is 121 cm³/mol. The third-order valence-corrected chi connectivity index (χ3v) is 5.22. The molecule has 3 N–H and O–H groups in total. The zero-order valence-corrected chi connectivity index (χ0v) is 16.6. The highest BCUT2D eigenvalue weighted by atomic mass is 14.8. The van der Waals surface area contributed by atoms with Gasteiger partial charge in [-0.25, -0.2) is 0 Å². The first-order valence-electron chi connectivity index (χ1n) is 9.87. The number of nitrogens with zero attached hydrogens (tertiary/aromatic N) is 3. The van der Waals surface area contributed by atoms with E-state index in [4.69, 9.17) is 10.7 Å². The lowest BCUT2D eigenvalue weighted by molar-refractivity contribution is 1.04. The quantitative estimate of drug-likeness (QED) is 0.443. The number of pyridine rings is 3. The Morgan fingerprint density at radius 2 is 1.83 bits per heavy atom. The second-order valence-electron chi connectivity index (χ2n) is 7.44. The summed E-state index contributed by atoms with van der Waals surface area (Å²) in [5.41, 5.74) is 15.0. The van der Waals surface area contributed by atoms with Gasteiger partial charge in [0.05, 0.1) is 22.8 Å². The Balaban J connectivity index is 1.53. The fourth-order valence-electron chi connectivity index (χ4n) is 3.74. The molecule has 0 fully saturated rings. The summed E-state index contributed by atoms with van der Waals surface area (Å²) in [4.78, 5) is 17.1. The van der Waals surface area contributed by atoms with Gasteiger partial charge < -0.3 is 10.7 Å². The molecule has 0 saturated carbocycles. The molecule has 0 amide bonds. The number of aryl methyl sites for hydroxylation is 1. The number of hydrogen-bond donors (Lipinski definition) is 2. The van der Waals surface area contributed by atoms with E-state index in [9.17, 15) is 0 Å². The van der Waals surface area contributed by atoms with Crippen LogP contribution in [-0.2, 0) is 6.42 Å². The average molecular weight is 391 g/mol. The number of nitrogen functional groups attached to an aromatic ring is 1. The lowest BCUT2D eigenvalue weighted by atomic mass is 10.1. The van der Waals surface area contributed by atoms with Crippen molar-refractivity contribution in [3.05, 3.63) is 96.2 Å². The van der Waals surface area contributed by atoms with Crippen LogP contribution in [0.1, 0.15) is 17.0 Å². The molecular weight excluding hydrogens is 370 g/mol. The third kappa shape index (κ3) is 3.42. The number of aromatic nitrogens is 4. The number of rotatable bonds is 4. The van der Waals surface area contributed by atoms with Crippen LogP contribution in [0, 0.1) is 6.92 Å². The van der Waals surface area contributed by atoms with Crippen molar-refractivity contribution in [2.24, 2.45) is 0 Å². The summed E-state index contributed by atoms with van der Waals surface area (Å²) in [6, 6.07) is 20.3. The van der Waals surface area contributed by atoms with Gasteiger partial charge in [0.25, 0.3) is 0 Å². The molecule has 0 aliphatic rings. The maximum absolute atomic E-state index is 6.24. The minimum Gasteiger partial charge on any atom is -0.397 e. The highest BCUT2D eigenvalue weighted by Gasteiger charge is 2.12. The zero-order chi connectivity index (χ0) is 20.5. The molecule has 0 saturated heterocycles. The van der Waals surface area contributed by atoms with E-state index < -0.39 is 0 Å². The highest BCUT2D eigenvalue weighted by Crippen LogP contribution is 2.29. The van der Waals surface area contributed by atoms with Crippen LogP contribution in [0.2, 0.25) is 0 Å². The maximum Gasteiger partial charge on any atom is 0.0795 e. The van der Waals surface area contributed by atoms with Crippen molar-refractivity contribution in [2.75, 3.05) is 5.73 Å². The number of H-pyrrole nitrogens is 1. The minimum atomic E-state index is 0.613. The average Bonchev–Trinajstić information content (AvgIpc) is 3.18. The SMILES string of the molecule is Cc1cccc(-c2nccc3[nH]c(Cc4nc(-c5cccnc5)ccc4N)cc23)c1. The van der Waals surface area contributed by atoms with Crippen LogP contribution < -0.4 is 5.73 Å². The number of aromatic amines is 1. The fraction of sp³-hybridized carbons (Fsp3) is 0.0800. The monoisotopic (exact) mass is 391 g/mol. The molecule has 146 valence electrons. The first-order valence-corrected chi connectivity index (χ1v) is 9.87. The Morgan fingerprint density at radius 3 is 2.67 bits per heavy atom. The molecule has 0 atom stereocenters. The first kappa shape index (κ1) is 18.1. The van der Waals surface area contributed by atoms with Crippen molar-refractivity contribution in [1.82, 2.24) is 19.9 Å². The Bertz CT molecular complexity index is 1340. The summed E-state index contributed by atoms with van der Waals surface area (Å²) < 4.78 is 0. The van der Waals surface area contributed by atoms with Crippen molar-refractivity contribution in [1.29, 1.82) is 0 Å². The van der Waals surface area contributed by atoms with Gasteiger partial charge >= 0.3 is 0 Å². The van der Waals surface area contributed by atoms with Crippen LogP contribution >= 0.6 is 0 Å². The van der Waals surface area contributed by atoms with E-state index in [0.29, 0.717) is 12.1 Å². The van der Waals surface area contributed by atoms with Gasteiger partial charge in [-0.1, -0.05) is 23.8 Å². The zero-order valence-electron chi connectivity index (χ0n) is 16.6. The van der Waals surface area contributed by atoms with Crippen LogP contribution in [0.4, 0.5) is 5.69 Å². The normalized spacial score (nSPS) is 11.1. The lowest BCUT2D eigenvalue weighted by Crippen LogP contribution is -2.01. The maximum atomic E-state index is 6.24. The number of nitrogens with one attached hydrogen (secondary N) is 1. The molecule has 0 bridgehead atoms. The molecule has 5 aromatic rings. The predicted octanol–water partition coefficient (Wildman–Crippen LogP) is 5.17. The Hall–Kier alpha value is -3.99. The third-order valence-electron chi connectivity index (χ3n) is 5.22. The Labute approximate surface area is 174 Å². The van der Waals surface area contributed by atoms with Gasteiger partial charge in [-0.2, -0.15) is 0 Å². The summed E-state index contributed by atoms with van der Waals surface area (Å²) in [7, 11) is 0. The number of benzene rings is 1. The molecule has 1 aromatic carbocycles. The van der Waals surface area contributed by atoms with E-state index in [-0.39, 0.29) is 0 Å². The number of fused-ring (bicyclic) bond motifs is 1. The Morgan fingerprint density at radius 1 is 0.933 bits per heavy atom. The van der Waals surface area contributed by atoms with E-state index in [1.807, 2.05) is 42.7 Å². The Kier molecular flexibility index (Phi) is 4.48. The van der Waals surface area contributed by atoms with Gasteiger partial charge in [-0.15, -0.1) is 0 Å². The summed E-state index contributed by atoms with van der Waals surface area (Å²) in [5, 5.41) is 1.10. The van der Waals surface area contributed by atoms with Crippen LogP contribution in [0.15, 0.2) is 79.3 Å². The molecule has 0 aliphatic carbocycles. The second kappa shape index (κ2) is 7.44. The van der Waals surface area contributed by atoms with Gasteiger partial charge in [0, 0.05) is 52.7 Å². The van der Waals surface area contributed by atoms with E-state index in [1.165, 1.54) is 5.56 Å². The van der Waals surface area contributed by atoms with E-state index >= 15 is 0 Å². The second-order valence-corrected chi connectivity index (χ2v) is 7.44. The van der Waals surface area contributed by atoms with Crippen molar-refractivity contribution < 1.29 is 0 Å². The van der Waals surface area contributed by atoms with Gasteiger partial charge in [0.2, 0.25) is 0 Å². The topological polar surface area (TPSA) is 80.5 Å². The molecule has 4 heterocycles. The van der Waals surface area contributed by atoms with Crippen molar-refractivity contribution >= 4 is 16.6 Å². The molecule has 30 heavy (non-hydrogen) atoms. The molecule has 0 spiro atoms. The van der Waals surface area contributed by atoms with Crippen LogP contribution in [0.25, 0.3) is 33.4 Å². The smallest absolute Gasteiger partial charge is 0.0795 e. The van der Waals surface area contributed by atoms with Crippen molar-refractivity contribution in [3.63, 3.8) is 0 Å². The summed E-state index contributed by atoms with van der Waals surface area (Å²) in [6.45, 7) is 2.09. The molecule has 0 unspecified atom stereocenters. The molecule has 5 rings (SSSR count). The van der Waals surface area contributed by atoms with Crippen LogP contribution in [0.3, 0.4) is 0 Å². The van der Waals surface area contributed by atoms with Crippen LogP contribution in [-0.4, -0.2) is 19.9 Å². The molecule has 4 aromatic heterocycles. The standard InChI is InChI=1S/C25H21N5/c1-16-4-2-5-17(12-16)25-20-13-19(29-23(20)9-11-28-25)14-24-21(26)7-8-22(30-24)18-6-3-10-27-15-18/h2-13,15,29H,14,26H2,1H3. The van der Waals surface area contributed by atoms with Crippen molar-refractivity contribution in [2.45, 2.75) is 13.3 Å². The summed E-state index contributed by atoms with van der Waals surface area (Å²) >= 11 is 0. The largest absolute Gasteiger partial charge is 0.397 e. The number of hydrogen-bond acceptors (Lipinski definition) is 4. The molecule has 0 aliphatic heterocycles. The molecule has 5 nitrogen and oxygen atoms in total. The van der Waals surface area contributed by atoms with E-state index in [2.05, 4.69) is 52.2 Å². The molecular formula is C25H21N5. The minimum absolute atomic E-state index is 0.613. The lowest BCUT2D eigenvalue weighted by Gasteiger charge is -2.07. The van der Waals surface area contributed by atoms with Gasteiger partial charge in [0.1, 0.15) is 0 Å². The van der Waals surface area contributed by atoms with Gasteiger partial charge in [-0.05, 0) is 49.4 Å². The van der Waals surface area contributed by atoms with Crippen molar-refractivity contribution in [3.8, 4) is 22.5 Å². The molecule has 5 heteroatoms. The van der Waals surface area contributed by atoms with Gasteiger partial charge in [-0.3, -0.25) is 15.0 Å². The fourth-order valence-corrected chi connectivity index (χ4v) is 3.74.